The summed E-state index contributed by atoms with van der Waals surface area (Å²) < 4.78 is 15.7. The lowest BCUT2D eigenvalue weighted by Crippen LogP contribution is -1.95. The lowest BCUT2D eigenvalue weighted by molar-refractivity contribution is 0.626. The average Bonchev–Trinajstić information content (AvgIpc) is 2.97. The molecule has 2 nitrogen and oxygen atoms in total. The molecule has 0 N–H and O–H groups in total. The Balaban J connectivity index is 1.92. The third kappa shape index (κ3) is 3.09. The molecule has 0 aliphatic rings. The summed E-state index contributed by atoms with van der Waals surface area (Å²) in [5.41, 5.74) is 2.97. The Kier molecular flexibility index (Phi) is 4.22. The van der Waals surface area contributed by atoms with Crippen molar-refractivity contribution in [1.29, 1.82) is 0 Å². The number of nitrogens with zero attached hydrogens (tertiary/aromatic N) is 2. The quantitative estimate of drug-likeness (QED) is 0.539. The van der Waals surface area contributed by atoms with Gasteiger partial charge in [-0.25, -0.2) is 9.07 Å². The maximum atomic E-state index is 13.2. The van der Waals surface area contributed by atoms with Crippen molar-refractivity contribution in [1.82, 2.24) is 9.78 Å². The summed E-state index contributed by atoms with van der Waals surface area (Å²) in [5.74, 6) is -0.259. The average molecular weight is 410 g/mol. The molecule has 0 saturated heterocycles. The number of alkyl halides is 1. The summed E-state index contributed by atoms with van der Waals surface area (Å²) in [5, 5.41) is 4.38. The lowest BCUT2D eigenvalue weighted by Gasteiger charge is -2.10. The van der Waals surface area contributed by atoms with Crippen LogP contribution < -0.4 is 0 Å². The molecule has 3 rings (SSSR count). The van der Waals surface area contributed by atoms with E-state index in [0.29, 0.717) is 0 Å². The van der Waals surface area contributed by atoms with Gasteiger partial charge in [0.2, 0.25) is 0 Å². The maximum Gasteiger partial charge on any atom is 0.124 e. The SMILES string of the molecule is Fc1ccc(C(Br)c2cnn(-c3ccccc3)c2)c(Br)c1. The molecule has 0 radical (unpaired) electrons. The van der Waals surface area contributed by atoms with Crippen LogP contribution in [0.5, 0.6) is 0 Å². The van der Waals surface area contributed by atoms with Crippen molar-refractivity contribution in [3.05, 3.63) is 82.3 Å². The molecule has 21 heavy (non-hydrogen) atoms. The van der Waals surface area contributed by atoms with Crippen LogP contribution in [0, 0.1) is 5.82 Å². The minimum atomic E-state index is -0.259. The van der Waals surface area contributed by atoms with Gasteiger partial charge in [0.1, 0.15) is 5.82 Å². The Morgan fingerprint density at radius 3 is 2.57 bits per heavy atom. The summed E-state index contributed by atoms with van der Waals surface area (Å²) in [4.78, 5) is -0.0510. The highest BCUT2D eigenvalue weighted by Gasteiger charge is 2.16. The third-order valence-corrected chi connectivity index (χ3v) is 4.86. The minimum absolute atomic E-state index is 0.0510. The first-order valence-electron chi connectivity index (χ1n) is 6.34. The molecule has 1 aromatic heterocycles. The van der Waals surface area contributed by atoms with Gasteiger partial charge in [-0.1, -0.05) is 56.1 Å². The molecule has 2 aromatic carbocycles. The molecule has 5 heteroatoms. The normalized spacial score (nSPS) is 12.3. The first kappa shape index (κ1) is 14.5. The molecule has 0 spiro atoms. The van der Waals surface area contributed by atoms with Gasteiger partial charge >= 0.3 is 0 Å². The fourth-order valence-corrected chi connectivity index (χ4v) is 3.60. The van der Waals surface area contributed by atoms with Gasteiger partial charge in [0, 0.05) is 16.2 Å². The Labute approximate surface area is 138 Å². The van der Waals surface area contributed by atoms with Gasteiger partial charge in [0.05, 0.1) is 16.7 Å². The number of hydrogen-bond donors (Lipinski definition) is 0. The molecule has 0 saturated carbocycles. The predicted octanol–water partition coefficient (Wildman–Crippen LogP) is 5.26. The highest BCUT2D eigenvalue weighted by atomic mass is 79.9. The molecule has 106 valence electrons. The molecule has 1 unspecified atom stereocenters. The van der Waals surface area contributed by atoms with Crippen molar-refractivity contribution in [3.63, 3.8) is 0 Å². The van der Waals surface area contributed by atoms with Crippen LogP contribution in [0.3, 0.4) is 0 Å². The number of halogens is 3. The first-order valence-corrected chi connectivity index (χ1v) is 8.05. The molecule has 0 amide bonds. The lowest BCUT2D eigenvalue weighted by atomic mass is 10.1. The third-order valence-electron chi connectivity index (χ3n) is 3.15. The van der Waals surface area contributed by atoms with E-state index < -0.39 is 0 Å². The fourth-order valence-electron chi connectivity index (χ4n) is 2.08. The van der Waals surface area contributed by atoms with Gasteiger partial charge in [-0.05, 0) is 29.8 Å². The van der Waals surface area contributed by atoms with Crippen LogP contribution in [0.2, 0.25) is 0 Å². The molecule has 3 aromatic rings. The van der Waals surface area contributed by atoms with E-state index in [1.165, 1.54) is 12.1 Å². The van der Waals surface area contributed by atoms with Gasteiger partial charge in [0.15, 0.2) is 0 Å². The summed E-state index contributed by atoms with van der Waals surface area (Å²) in [6.07, 6.45) is 3.77. The van der Waals surface area contributed by atoms with E-state index in [9.17, 15) is 4.39 Å². The predicted molar refractivity (Wildman–Crippen MR) is 88.4 cm³/mol. The highest BCUT2D eigenvalue weighted by Crippen LogP contribution is 2.35. The van der Waals surface area contributed by atoms with Crippen molar-refractivity contribution in [3.8, 4) is 5.69 Å². The van der Waals surface area contributed by atoms with Crippen LogP contribution in [0.15, 0.2) is 65.4 Å². The van der Waals surface area contributed by atoms with Crippen LogP contribution in [-0.4, -0.2) is 9.78 Å². The first-order chi connectivity index (χ1) is 10.1. The highest BCUT2D eigenvalue weighted by molar-refractivity contribution is 9.11. The Morgan fingerprint density at radius 1 is 1.10 bits per heavy atom. The van der Waals surface area contributed by atoms with E-state index in [0.717, 1.165) is 21.3 Å². The van der Waals surface area contributed by atoms with Crippen LogP contribution in [0.1, 0.15) is 16.0 Å². The second-order valence-electron chi connectivity index (χ2n) is 4.58. The molecule has 1 atom stereocenters. The van der Waals surface area contributed by atoms with E-state index in [-0.39, 0.29) is 10.6 Å². The van der Waals surface area contributed by atoms with Gasteiger partial charge in [0.25, 0.3) is 0 Å². The van der Waals surface area contributed by atoms with Crippen molar-refractivity contribution in [2.24, 2.45) is 0 Å². The van der Waals surface area contributed by atoms with Gasteiger partial charge in [-0.15, -0.1) is 0 Å². The monoisotopic (exact) mass is 408 g/mol. The number of rotatable bonds is 3. The van der Waals surface area contributed by atoms with Crippen LogP contribution in [0.4, 0.5) is 4.39 Å². The second kappa shape index (κ2) is 6.12. The van der Waals surface area contributed by atoms with Crippen LogP contribution in [0.25, 0.3) is 5.69 Å². The summed E-state index contributed by atoms with van der Waals surface area (Å²) in [7, 11) is 0. The van der Waals surface area contributed by atoms with E-state index in [4.69, 9.17) is 0 Å². The largest absolute Gasteiger partial charge is 0.241 e. The van der Waals surface area contributed by atoms with E-state index >= 15 is 0 Å². The van der Waals surface area contributed by atoms with Crippen molar-refractivity contribution in [2.75, 3.05) is 0 Å². The Hall–Kier alpha value is -1.46. The van der Waals surface area contributed by atoms with Gasteiger partial charge in [-0.2, -0.15) is 5.10 Å². The molecule has 0 aliphatic carbocycles. The standard InChI is InChI=1S/C16H11Br2FN2/c17-15-8-12(19)6-7-14(15)16(18)11-9-20-21(10-11)13-4-2-1-3-5-13/h1-10,16H. The maximum absolute atomic E-state index is 13.2. The zero-order chi connectivity index (χ0) is 14.8. The Morgan fingerprint density at radius 2 is 1.86 bits per heavy atom. The zero-order valence-electron chi connectivity index (χ0n) is 10.9. The number of hydrogen-bond acceptors (Lipinski definition) is 1. The summed E-state index contributed by atoms with van der Waals surface area (Å²) in [6.45, 7) is 0. The smallest absolute Gasteiger partial charge is 0.124 e. The van der Waals surface area contributed by atoms with Gasteiger partial charge in [-0.3, -0.25) is 0 Å². The van der Waals surface area contributed by atoms with E-state index in [1.807, 2.05) is 47.4 Å². The topological polar surface area (TPSA) is 17.8 Å². The number of benzene rings is 2. The van der Waals surface area contributed by atoms with Crippen molar-refractivity contribution >= 4 is 31.9 Å². The molecule has 1 heterocycles. The van der Waals surface area contributed by atoms with E-state index in [2.05, 4.69) is 37.0 Å². The van der Waals surface area contributed by atoms with Crippen LogP contribution in [-0.2, 0) is 0 Å². The van der Waals surface area contributed by atoms with Crippen molar-refractivity contribution in [2.45, 2.75) is 4.83 Å². The molecule has 0 fully saturated rings. The molecule has 0 bridgehead atoms. The van der Waals surface area contributed by atoms with E-state index in [1.54, 1.807) is 6.07 Å². The summed E-state index contributed by atoms with van der Waals surface area (Å²) >= 11 is 7.05. The molecule has 0 aliphatic heterocycles. The zero-order valence-corrected chi connectivity index (χ0v) is 14.1. The fraction of sp³-hybridized carbons (Fsp3) is 0.0625. The summed E-state index contributed by atoms with van der Waals surface area (Å²) in [6, 6.07) is 14.6. The molecular weight excluding hydrogens is 399 g/mol. The number of para-hydroxylation sites is 1. The van der Waals surface area contributed by atoms with Crippen LogP contribution >= 0.6 is 31.9 Å². The number of aromatic nitrogens is 2. The van der Waals surface area contributed by atoms with Crippen molar-refractivity contribution < 1.29 is 4.39 Å². The second-order valence-corrected chi connectivity index (χ2v) is 6.35. The minimum Gasteiger partial charge on any atom is -0.241 e. The Bertz CT molecular complexity index is 756. The van der Waals surface area contributed by atoms with Gasteiger partial charge < -0.3 is 0 Å². The molecular formula is C16H11Br2FN2.